The van der Waals surface area contributed by atoms with Gasteiger partial charge >= 0.3 is 0 Å². The summed E-state index contributed by atoms with van der Waals surface area (Å²) in [6, 6.07) is 7.99. The quantitative estimate of drug-likeness (QED) is 0.742. The number of halogens is 1. The largest absolute Gasteiger partial charge is 0.192 e. The van der Waals surface area contributed by atoms with Crippen molar-refractivity contribution in [2.45, 2.75) is 11.8 Å². The Hall–Kier alpha value is -0.460. The molecule has 1 rings (SSSR count). The molecule has 0 unspecified atom stereocenters. The summed E-state index contributed by atoms with van der Waals surface area (Å²) in [5.41, 5.74) is 0.740. The predicted molar refractivity (Wildman–Crippen MR) is 55.3 cm³/mol. The molecule has 0 aliphatic heterocycles. The van der Waals surface area contributed by atoms with Crippen molar-refractivity contribution in [2.75, 3.05) is 5.75 Å². The van der Waals surface area contributed by atoms with Crippen LogP contribution in [0.2, 0.25) is 0 Å². The first kappa shape index (κ1) is 9.63. The average Bonchev–Trinajstić information content (AvgIpc) is 2.05. The molecule has 0 radical (unpaired) electrons. The number of rotatable bonds is 2. The van der Waals surface area contributed by atoms with E-state index in [1.165, 1.54) is 0 Å². The third-order valence-electron chi connectivity index (χ3n) is 1.39. The Morgan fingerprint density at radius 1 is 1.58 bits per heavy atom. The molecule has 0 aromatic heterocycles. The maximum atomic E-state index is 8.83. The molecule has 1 aromatic carbocycles. The summed E-state index contributed by atoms with van der Waals surface area (Å²) in [4.78, 5) is 1.05. The number of hydrogen-bond acceptors (Lipinski definition) is 2. The van der Waals surface area contributed by atoms with Crippen LogP contribution >= 0.6 is 27.7 Å². The fourth-order valence-electron chi connectivity index (χ4n) is 0.889. The Kier molecular flexibility index (Phi) is 3.64. The van der Waals surface area contributed by atoms with Crippen LogP contribution in [0.25, 0.3) is 0 Å². The molecule has 0 N–H and O–H groups in total. The number of hydrogen-bond donors (Lipinski definition) is 0. The van der Waals surface area contributed by atoms with E-state index in [0.29, 0.717) is 0 Å². The molecule has 0 atom stereocenters. The molecular formula is C9H8BrNS. The lowest BCUT2D eigenvalue weighted by atomic mass is 10.2. The van der Waals surface area contributed by atoms with Crippen molar-refractivity contribution in [1.82, 2.24) is 0 Å². The summed E-state index contributed by atoms with van der Waals surface area (Å²) >= 11 is 5.03. The van der Waals surface area contributed by atoms with Gasteiger partial charge in [0, 0.05) is 9.37 Å². The van der Waals surface area contributed by atoms with E-state index in [1.54, 1.807) is 11.8 Å². The molecule has 12 heavy (non-hydrogen) atoms. The highest BCUT2D eigenvalue weighted by molar-refractivity contribution is 9.10. The summed E-state index contributed by atoms with van der Waals surface area (Å²) in [7, 11) is 0. The first-order chi connectivity index (χ1) is 5.79. The normalized spacial score (nSPS) is 9.42. The van der Waals surface area contributed by atoms with Crippen LogP contribution in [0.15, 0.2) is 27.6 Å². The van der Waals surface area contributed by atoms with Gasteiger partial charge < -0.3 is 0 Å². The summed E-state index contributed by atoms with van der Waals surface area (Å²) in [6.07, 6.45) is 0. The van der Waals surface area contributed by atoms with Crippen molar-refractivity contribution in [2.24, 2.45) is 0 Å². The van der Waals surface area contributed by atoms with Gasteiger partial charge in [0.2, 0.25) is 0 Å². The fraction of sp³-hybridized carbons (Fsp3) is 0.222. The molecule has 0 aliphatic rings. The molecular weight excluding hydrogens is 234 g/mol. The van der Waals surface area contributed by atoms with E-state index >= 15 is 0 Å². The summed E-state index contributed by atoms with van der Waals surface area (Å²) in [5.74, 6) is 0.991. The molecule has 0 bridgehead atoms. The Labute approximate surface area is 84.9 Å². The molecule has 1 aromatic rings. The van der Waals surface area contributed by atoms with Gasteiger partial charge in [0.1, 0.15) is 6.07 Å². The van der Waals surface area contributed by atoms with E-state index in [4.69, 9.17) is 5.26 Å². The van der Waals surface area contributed by atoms with E-state index in [9.17, 15) is 0 Å². The SMILES string of the molecule is CCSc1cccc(Br)c1C#N. The van der Waals surface area contributed by atoms with Gasteiger partial charge in [0.15, 0.2) is 0 Å². The van der Waals surface area contributed by atoms with Crippen molar-refractivity contribution in [1.29, 1.82) is 5.26 Å². The van der Waals surface area contributed by atoms with E-state index in [2.05, 4.69) is 28.9 Å². The van der Waals surface area contributed by atoms with Crippen LogP contribution in [0.1, 0.15) is 12.5 Å². The van der Waals surface area contributed by atoms with Gasteiger partial charge in [0.05, 0.1) is 5.56 Å². The number of benzene rings is 1. The maximum Gasteiger partial charge on any atom is 0.101 e. The number of thioether (sulfide) groups is 1. The van der Waals surface area contributed by atoms with Crippen molar-refractivity contribution < 1.29 is 0 Å². The summed E-state index contributed by atoms with van der Waals surface area (Å²) in [6.45, 7) is 2.08. The predicted octanol–water partition coefficient (Wildman–Crippen LogP) is 3.43. The highest BCUT2D eigenvalue weighted by Gasteiger charge is 2.04. The zero-order valence-electron chi connectivity index (χ0n) is 6.67. The van der Waals surface area contributed by atoms with Gasteiger partial charge in [-0.2, -0.15) is 5.26 Å². The monoisotopic (exact) mass is 241 g/mol. The van der Waals surface area contributed by atoms with E-state index in [1.807, 2.05) is 18.2 Å². The van der Waals surface area contributed by atoms with E-state index in [0.717, 1.165) is 20.7 Å². The zero-order chi connectivity index (χ0) is 8.97. The van der Waals surface area contributed by atoms with Crippen LogP contribution in [0.3, 0.4) is 0 Å². The lowest BCUT2D eigenvalue weighted by Crippen LogP contribution is -1.82. The van der Waals surface area contributed by atoms with Gasteiger partial charge in [0.25, 0.3) is 0 Å². The summed E-state index contributed by atoms with van der Waals surface area (Å²) < 4.78 is 0.878. The highest BCUT2D eigenvalue weighted by atomic mass is 79.9. The molecule has 3 heteroatoms. The smallest absolute Gasteiger partial charge is 0.101 e. The lowest BCUT2D eigenvalue weighted by molar-refractivity contribution is 1.34. The Balaban J connectivity index is 3.11. The van der Waals surface area contributed by atoms with E-state index in [-0.39, 0.29) is 0 Å². The minimum Gasteiger partial charge on any atom is -0.192 e. The number of nitrogens with zero attached hydrogens (tertiary/aromatic N) is 1. The van der Waals surface area contributed by atoms with Crippen molar-refractivity contribution >= 4 is 27.7 Å². The van der Waals surface area contributed by atoms with Crippen LogP contribution in [0.5, 0.6) is 0 Å². The fourth-order valence-corrected chi connectivity index (χ4v) is 2.26. The van der Waals surface area contributed by atoms with Gasteiger partial charge in [-0.15, -0.1) is 11.8 Å². The van der Waals surface area contributed by atoms with Crippen LogP contribution in [-0.4, -0.2) is 5.75 Å². The zero-order valence-corrected chi connectivity index (χ0v) is 9.08. The van der Waals surface area contributed by atoms with E-state index < -0.39 is 0 Å². The van der Waals surface area contributed by atoms with Crippen molar-refractivity contribution in [3.8, 4) is 6.07 Å². The third kappa shape index (κ3) is 2.02. The highest BCUT2D eigenvalue weighted by Crippen LogP contribution is 2.27. The van der Waals surface area contributed by atoms with Crippen LogP contribution in [0.4, 0.5) is 0 Å². The standard InChI is InChI=1S/C9H8BrNS/c1-2-12-9-5-3-4-8(10)7(9)6-11/h3-5H,2H2,1H3. The third-order valence-corrected chi connectivity index (χ3v) is 2.99. The molecule has 0 amide bonds. The van der Waals surface area contributed by atoms with Gasteiger partial charge in [-0.3, -0.25) is 0 Å². The molecule has 0 aliphatic carbocycles. The van der Waals surface area contributed by atoms with Gasteiger partial charge in [-0.1, -0.05) is 13.0 Å². The second-order valence-electron chi connectivity index (χ2n) is 2.16. The van der Waals surface area contributed by atoms with Gasteiger partial charge in [-0.05, 0) is 33.8 Å². The molecule has 0 saturated heterocycles. The average molecular weight is 242 g/mol. The Morgan fingerprint density at radius 3 is 2.92 bits per heavy atom. The molecule has 0 spiro atoms. The maximum absolute atomic E-state index is 8.83. The molecule has 1 nitrogen and oxygen atoms in total. The minimum absolute atomic E-state index is 0.740. The van der Waals surface area contributed by atoms with Crippen LogP contribution in [0, 0.1) is 11.3 Å². The molecule has 0 fully saturated rings. The second-order valence-corrected chi connectivity index (χ2v) is 4.32. The topological polar surface area (TPSA) is 23.8 Å². The number of nitriles is 1. The first-order valence-electron chi connectivity index (χ1n) is 3.61. The Morgan fingerprint density at radius 2 is 2.33 bits per heavy atom. The van der Waals surface area contributed by atoms with Crippen molar-refractivity contribution in [3.05, 3.63) is 28.2 Å². The van der Waals surface area contributed by atoms with Crippen molar-refractivity contribution in [3.63, 3.8) is 0 Å². The first-order valence-corrected chi connectivity index (χ1v) is 5.39. The molecule has 62 valence electrons. The Bertz CT molecular complexity index is 317. The minimum atomic E-state index is 0.740. The molecule has 0 saturated carbocycles. The van der Waals surface area contributed by atoms with Crippen LogP contribution < -0.4 is 0 Å². The molecule has 0 heterocycles. The summed E-state index contributed by atoms with van der Waals surface area (Å²) in [5, 5.41) is 8.83. The second kappa shape index (κ2) is 4.54. The lowest BCUT2D eigenvalue weighted by Gasteiger charge is -2.02. The van der Waals surface area contributed by atoms with Crippen LogP contribution in [-0.2, 0) is 0 Å². The van der Waals surface area contributed by atoms with Gasteiger partial charge in [-0.25, -0.2) is 0 Å².